The molecule has 0 radical (unpaired) electrons. The molecule has 4 nitrogen and oxygen atoms in total. The van der Waals surface area contributed by atoms with E-state index in [1.54, 1.807) is 0 Å². The molecule has 90 valence electrons. The lowest BCUT2D eigenvalue weighted by molar-refractivity contribution is 0.152. The van der Waals surface area contributed by atoms with Crippen LogP contribution in [0.25, 0.3) is 0 Å². The van der Waals surface area contributed by atoms with Gasteiger partial charge >= 0.3 is 0 Å². The third-order valence-corrected chi connectivity index (χ3v) is 1.97. The van der Waals surface area contributed by atoms with E-state index < -0.39 is 18.8 Å². The van der Waals surface area contributed by atoms with E-state index in [0.29, 0.717) is 0 Å². The Hall–Kier alpha value is -1.37. The van der Waals surface area contributed by atoms with E-state index in [1.165, 1.54) is 6.92 Å². The van der Waals surface area contributed by atoms with Crippen LogP contribution in [0.4, 0.5) is 19.0 Å². The molecule has 1 rings (SSSR count). The van der Waals surface area contributed by atoms with E-state index >= 15 is 0 Å². The highest BCUT2D eigenvalue weighted by atomic mass is 19.3. The van der Waals surface area contributed by atoms with Crippen molar-refractivity contribution in [1.82, 2.24) is 9.97 Å². The maximum absolute atomic E-state index is 13.5. The fourth-order valence-corrected chi connectivity index (χ4v) is 1.24. The van der Waals surface area contributed by atoms with E-state index in [2.05, 4.69) is 9.97 Å². The topological polar surface area (TPSA) is 49.2 Å². The van der Waals surface area contributed by atoms with Crippen LogP contribution in [0, 0.1) is 12.7 Å². The van der Waals surface area contributed by atoms with Gasteiger partial charge in [0.05, 0.1) is 18.8 Å². The van der Waals surface area contributed by atoms with Crippen molar-refractivity contribution in [3.63, 3.8) is 0 Å². The Bertz CT molecular complexity index is 349. The number of rotatable bonds is 5. The molecular formula is C9H12F3N3O. The predicted molar refractivity (Wildman–Crippen MR) is 52.0 cm³/mol. The number of nitrogens with zero attached hydrogens (tertiary/aromatic N) is 3. The quantitative estimate of drug-likeness (QED) is 0.826. The van der Waals surface area contributed by atoms with Crippen molar-refractivity contribution >= 4 is 5.82 Å². The normalized spacial score (nSPS) is 10.9. The van der Waals surface area contributed by atoms with E-state index in [1.807, 2.05) is 0 Å². The lowest BCUT2D eigenvalue weighted by Gasteiger charge is -2.22. The first-order chi connectivity index (χ1) is 7.56. The molecule has 0 atom stereocenters. The highest BCUT2D eigenvalue weighted by molar-refractivity contribution is 5.40. The van der Waals surface area contributed by atoms with Crippen LogP contribution in [0.5, 0.6) is 0 Å². The number of hydrogen-bond donors (Lipinski definition) is 1. The highest BCUT2D eigenvalue weighted by Gasteiger charge is 2.18. The van der Waals surface area contributed by atoms with E-state index in [-0.39, 0.29) is 24.7 Å². The second kappa shape index (κ2) is 5.64. The Morgan fingerprint density at radius 2 is 2.12 bits per heavy atom. The van der Waals surface area contributed by atoms with Crippen LogP contribution in [0.3, 0.4) is 0 Å². The number of anilines is 1. The number of alkyl halides is 2. The first kappa shape index (κ1) is 12.7. The van der Waals surface area contributed by atoms with Crippen LogP contribution in [0.2, 0.25) is 0 Å². The van der Waals surface area contributed by atoms with Gasteiger partial charge in [0.1, 0.15) is 6.33 Å². The minimum atomic E-state index is -2.62. The Morgan fingerprint density at radius 1 is 1.44 bits per heavy atom. The summed E-state index contributed by atoms with van der Waals surface area (Å²) in [6, 6.07) is 0. The lowest BCUT2D eigenvalue weighted by atomic mass is 10.3. The zero-order valence-electron chi connectivity index (χ0n) is 8.70. The largest absolute Gasteiger partial charge is 0.395 e. The fraction of sp³-hybridized carbons (Fsp3) is 0.556. The summed E-state index contributed by atoms with van der Waals surface area (Å²) >= 11 is 0. The molecule has 1 heterocycles. The van der Waals surface area contributed by atoms with Gasteiger partial charge in [-0.3, -0.25) is 0 Å². The molecule has 16 heavy (non-hydrogen) atoms. The molecule has 0 saturated heterocycles. The molecule has 1 aromatic rings. The standard InChI is InChI=1S/C9H12F3N3O/c1-6-8(12)9(14-5-13-6)15(2-3-16)4-7(10)11/h5,7,16H,2-4H2,1H3. The average molecular weight is 235 g/mol. The van der Waals surface area contributed by atoms with Gasteiger partial charge in [0.25, 0.3) is 6.43 Å². The molecule has 1 N–H and O–H groups in total. The van der Waals surface area contributed by atoms with Crippen LogP contribution >= 0.6 is 0 Å². The number of aliphatic hydroxyl groups excluding tert-OH is 1. The number of halogens is 3. The molecule has 0 aliphatic heterocycles. The first-order valence-electron chi connectivity index (χ1n) is 4.67. The fourth-order valence-electron chi connectivity index (χ4n) is 1.24. The van der Waals surface area contributed by atoms with Crippen molar-refractivity contribution in [1.29, 1.82) is 0 Å². The number of aryl methyl sites for hydroxylation is 1. The third kappa shape index (κ3) is 3.06. The lowest BCUT2D eigenvalue weighted by Crippen LogP contribution is -2.33. The molecule has 0 saturated carbocycles. The summed E-state index contributed by atoms with van der Waals surface area (Å²) in [6.07, 6.45) is -1.52. The van der Waals surface area contributed by atoms with Crippen molar-refractivity contribution < 1.29 is 18.3 Å². The smallest absolute Gasteiger partial charge is 0.255 e. The second-order valence-electron chi connectivity index (χ2n) is 3.16. The second-order valence-corrected chi connectivity index (χ2v) is 3.16. The third-order valence-electron chi connectivity index (χ3n) is 1.97. The molecule has 0 amide bonds. The minimum absolute atomic E-state index is 0.0854. The predicted octanol–water partition coefficient (Wildman–Crippen LogP) is 0.988. The van der Waals surface area contributed by atoms with Crippen LogP contribution in [-0.4, -0.2) is 41.2 Å². The zero-order valence-corrected chi connectivity index (χ0v) is 8.70. The maximum Gasteiger partial charge on any atom is 0.255 e. The van der Waals surface area contributed by atoms with Gasteiger partial charge in [-0.15, -0.1) is 0 Å². The summed E-state index contributed by atoms with van der Waals surface area (Å²) in [7, 11) is 0. The molecule has 0 aliphatic carbocycles. The summed E-state index contributed by atoms with van der Waals surface area (Å²) < 4.78 is 38.0. The van der Waals surface area contributed by atoms with E-state index in [0.717, 1.165) is 11.2 Å². The Kier molecular flexibility index (Phi) is 4.48. The van der Waals surface area contributed by atoms with Crippen LogP contribution in [-0.2, 0) is 0 Å². The first-order valence-corrected chi connectivity index (χ1v) is 4.67. The number of aromatic nitrogens is 2. The molecule has 0 fully saturated rings. The molecule has 0 bridgehead atoms. The van der Waals surface area contributed by atoms with Crippen LogP contribution in [0.1, 0.15) is 5.69 Å². The van der Waals surface area contributed by atoms with Gasteiger partial charge in [-0.05, 0) is 6.92 Å². The molecule has 1 aromatic heterocycles. The molecule has 7 heteroatoms. The number of hydrogen-bond acceptors (Lipinski definition) is 4. The Balaban J connectivity index is 2.96. The summed E-state index contributed by atoms with van der Waals surface area (Å²) in [4.78, 5) is 8.20. The molecule has 0 spiro atoms. The molecule has 0 unspecified atom stereocenters. The van der Waals surface area contributed by atoms with E-state index in [9.17, 15) is 13.2 Å². The molecule has 0 aromatic carbocycles. The van der Waals surface area contributed by atoms with Gasteiger partial charge in [-0.25, -0.2) is 23.1 Å². The van der Waals surface area contributed by atoms with Gasteiger partial charge in [-0.2, -0.15) is 0 Å². The molecular weight excluding hydrogens is 223 g/mol. The van der Waals surface area contributed by atoms with Crippen molar-refractivity contribution in [2.24, 2.45) is 0 Å². The van der Waals surface area contributed by atoms with E-state index in [4.69, 9.17) is 5.11 Å². The van der Waals surface area contributed by atoms with Crippen molar-refractivity contribution in [2.45, 2.75) is 13.3 Å². The summed E-state index contributed by atoms with van der Waals surface area (Å²) in [6.45, 7) is 0.293. The summed E-state index contributed by atoms with van der Waals surface area (Å²) in [5, 5.41) is 8.72. The summed E-state index contributed by atoms with van der Waals surface area (Å²) in [5.41, 5.74) is 0.0854. The average Bonchev–Trinajstić information content (AvgIpc) is 2.21. The SMILES string of the molecule is Cc1ncnc(N(CCO)CC(F)F)c1F. The molecule has 0 aliphatic rings. The summed E-state index contributed by atoms with van der Waals surface area (Å²) in [5.74, 6) is -0.946. The minimum Gasteiger partial charge on any atom is -0.395 e. The number of aliphatic hydroxyl groups is 1. The van der Waals surface area contributed by atoms with Gasteiger partial charge in [0.15, 0.2) is 11.6 Å². The van der Waals surface area contributed by atoms with Crippen LogP contribution in [0.15, 0.2) is 6.33 Å². The van der Waals surface area contributed by atoms with Gasteiger partial charge in [-0.1, -0.05) is 0 Å². The zero-order chi connectivity index (χ0) is 12.1. The van der Waals surface area contributed by atoms with Crippen LogP contribution < -0.4 is 4.90 Å². The van der Waals surface area contributed by atoms with Gasteiger partial charge in [0.2, 0.25) is 0 Å². The monoisotopic (exact) mass is 235 g/mol. The maximum atomic E-state index is 13.5. The Morgan fingerprint density at radius 3 is 2.69 bits per heavy atom. The van der Waals surface area contributed by atoms with Crippen molar-refractivity contribution in [3.05, 3.63) is 17.8 Å². The van der Waals surface area contributed by atoms with Gasteiger partial charge in [0, 0.05) is 6.54 Å². The van der Waals surface area contributed by atoms with Crippen molar-refractivity contribution in [2.75, 3.05) is 24.6 Å². The highest BCUT2D eigenvalue weighted by Crippen LogP contribution is 2.17. The Labute approximate surface area is 90.7 Å². The van der Waals surface area contributed by atoms with Gasteiger partial charge < -0.3 is 10.0 Å². The van der Waals surface area contributed by atoms with Crippen molar-refractivity contribution in [3.8, 4) is 0 Å².